The maximum absolute atomic E-state index is 12.5. The Morgan fingerprint density at radius 1 is 1.15 bits per heavy atom. The predicted molar refractivity (Wildman–Crippen MR) is 101 cm³/mol. The van der Waals surface area contributed by atoms with E-state index in [1.807, 2.05) is 37.3 Å². The van der Waals surface area contributed by atoms with Crippen LogP contribution in [0.25, 0.3) is 11.4 Å². The molecule has 1 atom stereocenters. The summed E-state index contributed by atoms with van der Waals surface area (Å²) in [5.74, 6) is 0.747. The van der Waals surface area contributed by atoms with Crippen LogP contribution in [0.4, 0.5) is 5.69 Å². The van der Waals surface area contributed by atoms with Gasteiger partial charge in [-0.2, -0.15) is 4.98 Å². The molecule has 26 heavy (non-hydrogen) atoms. The topological polar surface area (TPSA) is 59.2 Å². The monoisotopic (exact) mass is 387 g/mol. The molecule has 1 aliphatic heterocycles. The van der Waals surface area contributed by atoms with E-state index in [1.165, 1.54) is 0 Å². The Bertz CT molecular complexity index is 986. The molecule has 1 aliphatic rings. The maximum Gasteiger partial charge on any atom is 0.232 e. The lowest BCUT2D eigenvalue weighted by Gasteiger charge is -2.17. The fourth-order valence-electron chi connectivity index (χ4n) is 3.07. The third kappa shape index (κ3) is 3.08. The number of rotatable bonds is 3. The van der Waals surface area contributed by atoms with Crippen molar-refractivity contribution in [2.75, 3.05) is 11.4 Å². The largest absolute Gasteiger partial charge is 0.339 e. The van der Waals surface area contributed by atoms with E-state index in [-0.39, 0.29) is 11.8 Å². The lowest BCUT2D eigenvalue weighted by molar-refractivity contribution is -0.117. The summed E-state index contributed by atoms with van der Waals surface area (Å²) < 4.78 is 5.41. The van der Waals surface area contributed by atoms with Crippen LogP contribution >= 0.6 is 23.2 Å². The number of aryl methyl sites for hydroxylation is 1. The number of anilines is 1. The van der Waals surface area contributed by atoms with Crippen LogP contribution in [-0.4, -0.2) is 22.6 Å². The first-order chi connectivity index (χ1) is 12.5. The summed E-state index contributed by atoms with van der Waals surface area (Å²) >= 11 is 12.3. The van der Waals surface area contributed by atoms with Gasteiger partial charge in [-0.3, -0.25) is 4.79 Å². The number of aromatic nitrogens is 2. The minimum atomic E-state index is -0.151. The van der Waals surface area contributed by atoms with Gasteiger partial charge in [-0.1, -0.05) is 40.5 Å². The molecule has 0 bridgehead atoms. The molecule has 1 amide bonds. The van der Waals surface area contributed by atoms with Gasteiger partial charge >= 0.3 is 0 Å². The Morgan fingerprint density at radius 3 is 2.73 bits per heavy atom. The summed E-state index contributed by atoms with van der Waals surface area (Å²) in [5.41, 5.74) is 2.46. The van der Waals surface area contributed by atoms with E-state index in [1.54, 1.807) is 17.0 Å². The zero-order valence-electron chi connectivity index (χ0n) is 13.9. The van der Waals surface area contributed by atoms with Gasteiger partial charge in [0.2, 0.25) is 17.6 Å². The van der Waals surface area contributed by atoms with E-state index >= 15 is 0 Å². The van der Waals surface area contributed by atoms with Gasteiger partial charge < -0.3 is 9.42 Å². The highest BCUT2D eigenvalue weighted by molar-refractivity contribution is 6.33. The van der Waals surface area contributed by atoms with E-state index in [4.69, 9.17) is 27.7 Å². The molecule has 0 N–H and O–H groups in total. The molecular weight excluding hydrogens is 373 g/mol. The third-order valence-corrected chi connectivity index (χ3v) is 5.24. The van der Waals surface area contributed by atoms with Crippen LogP contribution in [0.3, 0.4) is 0 Å². The Labute approximate surface area is 160 Å². The summed E-state index contributed by atoms with van der Waals surface area (Å²) in [6, 6.07) is 12.9. The van der Waals surface area contributed by atoms with E-state index in [0.29, 0.717) is 40.3 Å². The van der Waals surface area contributed by atoms with Crippen LogP contribution in [0.15, 0.2) is 47.0 Å². The molecule has 132 valence electrons. The number of amides is 1. The van der Waals surface area contributed by atoms with E-state index in [0.717, 1.165) is 11.3 Å². The molecule has 0 saturated carbocycles. The van der Waals surface area contributed by atoms with Crippen molar-refractivity contribution in [3.8, 4) is 11.4 Å². The van der Waals surface area contributed by atoms with Crippen molar-refractivity contribution in [3.63, 3.8) is 0 Å². The molecule has 0 aliphatic carbocycles. The zero-order chi connectivity index (χ0) is 18.3. The zero-order valence-corrected chi connectivity index (χ0v) is 15.5. The maximum atomic E-state index is 12.5. The Hall–Kier alpha value is -2.37. The van der Waals surface area contributed by atoms with Crippen molar-refractivity contribution < 1.29 is 9.32 Å². The predicted octanol–water partition coefficient (Wildman–Crippen LogP) is 4.87. The first-order valence-corrected chi connectivity index (χ1v) is 8.93. The van der Waals surface area contributed by atoms with Gasteiger partial charge in [0, 0.05) is 29.2 Å². The first-order valence-electron chi connectivity index (χ1n) is 8.18. The van der Waals surface area contributed by atoms with E-state index in [9.17, 15) is 4.79 Å². The highest BCUT2D eigenvalue weighted by atomic mass is 35.5. The average Bonchev–Trinajstić information content (AvgIpc) is 3.25. The number of hydrogen-bond donors (Lipinski definition) is 0. The molecule has 1 saturated heterocycles. The average molecular weight is 388 g/mol. The summed E-state index contributed by atoms with van der Waals surface area (Å²) in [4.78, 5) is 18.7. The number of hydrogen-bond acceptors (Lipinski definition) is 4. The number of halogens is 2. The lowest BCUT2D eigenvalue weighted by atomic mass is 10.1. The van der Waals surface area contributed by atoms with Gasteiger partial charge in [0.25, 0.3) is 0 Å². The van der Waals surface area contributed by atoms with Gasteiger partial charge in [-0.25, -0.2) is 0 Å². The van der Waals surface area contributed by atoms with Crippen molar-refractivity contribution in [1.29, 1.82) is 0 Å². The second-order valence-corrected chi connectivity index (χ2v) is 7.09. The number of carbonyl (C=O) groups excluding carboxylic acids is 1. The Morgan fingerprint density at radius 2 is 1.96 bits per heavy atom. The quantitative estimate of drug-likeness (QED) is 0.642. The highest BCUT2D eigenvalue weighted by Crippen LogP contribution is 2.34. The fourth-order valence-corrected chi connectivity index (χ4v) is 3.41. The van der Waals surface area contributed by atoms with Crippen molar-refractivity contribution in [2.45, 2.75) is 19.3 Å². The van der Waals surface area contributed by atoms with Gasteiger partial charge in [-0.05, 0) is 42.8 Å². The number of benzene rings is 2. The summed E-state index contributed by atoms with van der Waals surface area (Å²) in [6.45, 7) is 2.40. The molecule has 1 fully saturated rings. The summed E-state index contributed by atoms with van der Waals surface area (Å²) in [6.07, 6.45) is 0.325. The standard InChI is InChI=1S/C19H15Cl2N3O2/c1-11-8-13(6-7-15(11)20)24-10-12(9-17(24)25)19-22-18(23-26-19)14-4-2-3-5-16(14)21/h2-8,12H,9-10H2,1H3. The normalized spacial score (nSPS) is 17.1. The summed E-state index contributed by atoms with van der Waals surface area (Å²) in [7, 11) is 0. The van der Waals surface area contributed by atoms with Gasteiger partial charge in [0.15, 0.2) is 0 Å². The first kappa shape index (κ1) is 17.1. The van der Waals surface area contributed by atoms with Crippen LogP contribution in [0.5, 0.6) is 0 Å². The third-order valence-electron chi connectivity index (χ3n) is 4.48. The molecule has 2 aromatic carbocycles. The molecule has 5 nitrogen and oxygen atoms in total. The molecule has 3 aromatic rings. The van der Waals surface area contributed by atoms with Crippen LogP contribution in [0.2, 0.25) is 10.0 Å². The molecule has 7 heteroatoms. The summed E-state index contributed by atoms with van der Waals surface area (Å²) in [5, 5.41) is 5.26. The van der Waals surface area contributed by atoms with E-state index in [2.05, 4.69) is 10.1 Å². The minimum absolute atomic E-state index is 0.0224. The molecule has 0 radical (unpaired) electrons. The molecular formula is C19H15Cl2N3O2. The SMILES string of the molecule is Cc1cc(N2CC(c3nc(-c4ccccc4Cl)no3)CC2=O)ccc1Cl. The number of carbonyl (C=O) groups is 1. The van der Waals surface area contributed by atoms with Crippen LogP contribution in [0, 0.1) is 6.92 Å². The second kappa shape index (κ2) is 6.74. The molecule has 1 unspecified atom stereocenters. The van der Waals surface area contributed by atoms with Gasteiger partial charge in [0.1, 0.15) is 0 Å². The Kier molecular flexibility index (Phi) is 4.42. The second-order valence-electron chi connectivity index (χ2n) is 6.27. The smallest absolute Gasteiger partial charge is 0.232 e. The fraction of sp³-hybridized carbons (Fsp3) is 0.211. The molecule has 4 rings (SSSR count). The molecule has 2 heterocycles. The molecule has 0 spiro atoms. The highest BCUT2D eigenvalue weighted by Gasteiger charge is 2.35. The van der Waals surface area contributed by atoms with Crippen LogP contribution in [0.1, 0.15) is 23.8 Å². The van der Waals surface area contributed by atoms with Crippen molar-refractivity contribution in [1.82, 2.24) is 10.1 Å². The van der Waals surface area contributed by atoms with Crippen molar-refractivity contribution >= 4 is 34.8 Å². The van der Waals surface area contributed by atoms with Gasteiger partial charge in [-0.15, -0.1) is 0 Å². The molecule has 1 aromatic heterocycles. The van der Waals surface area contributed by atoms with Crippen LogP contribution in [-0.2, 0) is 4.79 Å². The van der Waals surface area contributed by atoms with Gasteiger partial charge in [0.05, 0.1) is 10.9 Å². The van der Waals surface area contributed by atoms with Crippen molar-refractivity contribution in [3.05, 3.63) is 64.0 Å². The number of nitrogens with zero attached hydrogens (tertiary/aromatic N) is 3. The minimum Gasteiger partial charge on any atom is -0.339 e. The lowest BCUT2D eigenvalue weighted by Crippen LogP contribution is -2.24. The Balaban J connectivity index is 1.58. The van der Waals surface area contributed by atoms with Crippen molar-refractivity contribution in [2.24, 2.45) is 0 Å². The van der Waals surface area contributed by atoms with Crippen LogP contribution < -0.4 is 4.90 Å². The van der Waals surface area contributed by atoms with E-state index < -0.39 is 0 Å².